The van der Waals surface area contributed by atoms with E-state index in [1.165, 1.54) is 23.2 Å². The first-order valence-electron chi connectivity index (χ1n) is 15.8. The molecule has 0 saturated heterocycles. The highest BCUT2D eigenvalue weighted by molar-refractivity contribution is 7.89. The lowest BCUT2D eigenvalue weighted by atomic mass is 9.99. The average Bonchev–Trinajstić information content (AvgIpc) is 2.97. The first-order chi connectivity index (χ1) is 21.7. The minimum Gasteiger partial charge on any atom is -0.390 e. The van der Waals surface area contributed by atoms with E-state index in [4.69, 9.17) is 6.42 Å². The third-order valence-electron chi connectivity index (χ3n) is 7.05. The third-order valence-corrected chi connectivity index (χ3v) is 8.69. The van der Waals surface area contributed by atoms with Gasteiger partial charge in [0.2, 0.25) is 10.0 Å². The minimum absolute atomic E-state index is 0.0647. The summed E-state index contributed by atoms with van der Waals surface area (Å²) in [6.07, 6.45) is 6.96. The van der Waals surface area contributed by atoms with Crippen molar-refractivity contribution in [2.24, 2.45) is 5.92 Å². The van der Waals surface area contributed by atoms with E-state index in [1.54, 1.807) is 18.7 Å². The zero-order valence-electron chi connectivity index (χ0n) is 27.5. The summed E-state index contributed by atoms with van der Waals surface area (Å²) >= 11 is 0. The number of amides is 2. The van der Waals surface area contributed by atoms with Gasteiger partial charge < -0.3 is 15.3 Å². The van der Waals surface area contributed by atoms with Gasteiger partial charge in [0.1, 0.15) is 11.6 Å². The minimum atomic E-state index is -3.73. The van der Waals surface area contributed by atoms with Gasteiger partial charge in [0.05, 0.1) is 17.9 Å². The number of unbranched alkanes of at least 4 members (excludes halogenated alkanes) is 1. The van der Waals surface area contributed by atoms with Crippen LogP contribution in [0.4, 0.5) is 8.78 Å². The molecule has 0 heterocycles. The number of rotatable bonds is 19. The van der Waals surface area contributed by atoms with Crippen molar-refractivity contribution in [3.8, 4) is 12.3 Å². The Labute approximate surface area is 272 Å². The predicted molar refractivity (Wildman–Crippen MR) is 176 cm³/mol. The Morgan fingerprint density at radius 2 is 1.54 bits per heavy atom. The number of benzene rings is 2. The number of nitrogens with zero attached hydrogens (tertiary/aromatic N) is 2. The number of hydrogen-bond acceptors (Lipinski definition) is 6. The Kier molecular flexibility index (Phi) is 15.8. The van der Waals surface area contributed by atoms with Gasteiger partial charge in [-0.05, 0) is 67.5 Å². The quantitative estimate of drug-likeness (QED) is 0.151. The molecular weight excluding hydrogens is 614 g/mol. The van der Waals surface area contributed by atoms with Crippen LogP contribution in [0, 0.1) is 29.9 Å². The highest BCUT2D eigenvalue weighted by atomic mass is 32.2. The van der Waals surface area contributed by atoms with Crippen LogP contribution in [-0.2, 0) is 16.4 Å². The van der Waals surface area contributed by atoms with Gasteiger partial charge in [-0.2, -0.15) is 0 Å². The molecule has 2 aromatic rings. The molecule has 12 heteroatoms. The van der Waals surface area contributed by atoms with Gasteiger partial charge in [0.25, 0.3) is 11.8 Å². The summed E-state index contributed by atoms with van der Waals surface area (Å²) in [4.78, 5) is 31.2. The first-order valence-corrected chi connectivity index (χ1v) is 17.5. The summed E-state index contributed by atoms with van der Waals surface area (Å²) < 4.78 is 53.7. The second-order valence-corrected chi connectivity index (χ2v) is 13.7. The number of terminal acetylenes is 1. The summed E-state index contributed by atoms with van der Waals surface area (Å²) in [5.74, 6) is -0.399. The Hall–Kier alpha value is -3.37. The number of sulfonamides is 1. The number of carbonyl (C=O) groups is 2. The largest absolute Gasteiger partial charge is 0.390 e. The van der Waals surface area contributed by atoms with Crippen molar-refractivity contribution in [2.45, 2.75) is 78.9 Å². The summed E-state index contributed by atoms with van der Waals surface area (Å²) in [6, 6.07) is 6.20. The smallest absolute Gasteiger partial charge is 0.253 e. The standard InChI is InChI=1S/C34H48F2N4O5S/c1-7-11-14-40(38-46(44,45)23-24(5)6)22-32(41)31(19-26-17-29(35)21-30(36)18-26)37-33(42)27-15-25(10-4)16-28(20-27)34(43)39(12-8-2)13-9-3/h4,15-18,20-21,24,31-32,38,41H,7-9,11-14,19,22-23H2,1-3,5-6H3,(H,37,42). The van der Waals surface area contributed by atoms with Gasteiger partial charge in [-0.25, -0.2) is 22.2 Å². The maximum absolute atomic E-state index is 14.1. The number of aliphatic hydroxyl groups is 1. The molecular formula is C34H48F2N4O5S. The lowest BCUT2D eigenvalue weighted by molar-refractivity contribution is 0.0614. The fourth-order valence-electron chi connectivity index (χ4n) is 5.07. The molecule has 2 unspecified atom stereocenters. The Balaban J connectivity index is 2.46. The normalized spacial score (nSPS) is 13.0. The number of halogens is 2. The van der Waals surface area contributed by atoms with Crippen LogP contribution in [-0.4, -0.2) is 79.3 Å². The molecule has 0 radical (unpaired) electrons. The fourth-order valence-corrected chi connectivity index (χ4v) is 6.58. The molecule has 0 fully saturated rings. The van der Waals surface area contributed by atoms with Crippen molar-refractivity contribution in [3.63, 3.8) is 0 Å². The highest BCUT2D eigenvalue weighted by Gasteiger charge is 2.28. The van der Waals surface area contributed by atoms with Crippen LogP contribution in [0.3, 0.4) is 0 Å². The van der Waals surface area contributed by atoms with Gasteiger partial charge in [0.15, 0.2) is 0 Å². The number of carbonyl (C=O) groups excluding carboxylic acids is 2. The van der Waals surface area contributed by atoms with Crippen LogP contribution >= 0.6 is 0 Å². The average molecular weight is 663 g/mol. The molecule has 9 nitrogen and oxygen atoms in total. The van der Waals surface area contributed by atoms with Crippen molar-refractivity contribution in [1.82, 2.24) is 20.1 Å². The predicted octanol–water partition coefficient (Wildman–Crippen LogP) is 4.50. The molecule has 2 rings (SSSR count). The Morgan fingerprint density at radius 1 is 0.935 bits per heavy atom. The number of hydrazine groups is 1. The number of nitrogens with one attached hydrogen (secondary N) is 2. The number of hydrogen-bond donors (Lipinski definition) is 3. The zero-order chi connectivity index (χ0) is 34.4. The van der Waals surface area contributed by atoms with E-state index in [-0.39, 0.29) is 53.8 Å². The van der Waals surface area contributed by atoms with Gasteiger partial charge in [-0.1, -0.05) is 47.0 Å². The maximum atomic E-state index is 14.1. The molecule has 0 bridgehead atoms. The first kappa shape index (κ1) is 38.8. The van der Waals surface area contributed by atoms with Crippen molar-refractivity contribution in [1.29, 1.82) is 0 Å². The topological polar surface area (TPSA) is 119 Å². The van der Waals surface area contributed by atoms with Gasteiger partial charge >= 0.3 is 0 Å². The van der Waals surface area contributed by atoms with Crippen LogP contribution in [0.2, 0.25) is 0 Å². The van der Waals surface area contributed by atoms with E-state index in [0.717, 1.165) is 31.4 Å². The lowest BCUT2D eigenvalue weighted by Crippen LogP contribution is -2.54. The molecule has 0 aliphatic carbocycles. The molecule has 0 aliphatic heterocycles. The molecule has 0 saturated carbocycles. The lowest BCUT2D eigenvalue weighted by Gasteiger charge is -2.30. The second-order valence-electron chi connectivity index (χ2n) is 11.9. The SMILES string of the molecule is C#Cc1cc(C(=O)NC(Cc2cc(F)cc(F)c2)C(O)CN(CCCC)NS(=O)(=O)CC(C)C)cc(C(=O)N(CCC)CCC)c1. The monoisotopic (exact) mass is 662 g/mol. The van der Waals surface area contributed by atoms with Crippen molar-refractivity contribution < 1.29 is 31.9 Å². The van der Waals surface area contributed by atoms with Gasteiger partial charge in [0, 0.05) is 48.9 Å². The van der Waals surface area contributed by atoms with E-state index in [9.17, 15) is 31.9 Å². The Morgan fingerprint density at radius 3 is 2.09 bits per heavy atom. The van der Waals surface area contributed by atoms with Crippen molar-refractivity contribution in [2.75, 3.05) is 31.9 Å². The molecule has 0 aromatic heterocycles. The second kappa shape index (κ2) is 18.7. The van der Waals surface area contributed by atoms with Crippen LogP contribution in [0.5, 0.6) is 0 Å². The highest BCUT2D eigenvalue weighted by Crippen LogP contribution is 2.17. The van der Waals surface area contributed by atoms with E-state index >= 15 is 0 Å². The van der Waals surface area contributed by atoms with E-state index in [0.29, 0.717) is 31.1 Å². The van der Waals surface area contributed by atoms with Crippen LogP contribution < -0.4 is 10.1 Å². The molecule has 0 aliphatic rings. The van der Waals surface area contributed by atoms with E-state index < -0.39 is 39.7 Å². The molecule has 2 aromatic carbocycles. The van der Waals surface area contributed by atoms with Gasteiger partial charge in [-0.3, -0.25) is 9.59 Å². The summed E-state index contributed by atoms with van der Waals surface area (Å²) in [5, 5.41) is 15.5. The molecule has 0 spiro atoms. The van der Waals surface area contributed by atoms with Crippen molar-refractivity contribution >= 4 is 21.8 Å². The maximum Gasteiger partial charge on any atom is 0.253 e. The summed E-state index contributed by atoms with van der Waals surface area (Å²) in [7, 11) is -3.73. The summed E-state index contributed by atoms with van der Waals surface area (Å²) in [5.41, 5.74) is 0.774. The molecule has 2 atom stereocenters. The van der Waals surface area contributed by atoms with Crippen LogP contribution in [0.15, 0.2) is 36.4 Å². The molecule has 46 heavy (non-hydrogen) atoms. The number of aliphatic hydroxyl groups excluding tert-OH is 1. The molecule has 3 N–H and O–H groups in total. The fraction of sp³-hybridized carbons (Fsp3) is 0.529. The summed E-state index contributed by atoms with van der Waals surface area (Å²) in [6.45, 7) is 10.5. The zero-order valence-corrected chi connectivity index (χ0v) is 28.3. The van der Waals surface area contributed by atoms with Crippen LogP contribution in [0.1, 0.15) is 92.1 Å². The van der Waals surface area contributed by atoms with Crippen LogP contribution in [0.25, 0.3) is 0 Å². The Bertz CT molecular complexity index is 1440. The van der Waals surface area contributed by atoms with Gasteiger partial charge in [-0.15, -0.1) is 11.3 Å². The molecule has 254 valence electrons. The third kappa shape index (κ3) is 12.8. The van der Waals surface area contributed by atoms with E-state index in [2.05, 4.69) is 16.1 Å². The van der Waals surface area contributed by atoms with E-state index in [1.807, 2.05) is 20.8 Å². The molecule has 2 amide bonds. The van der Waals surface area contributed by atoms with Crippen molar-refractivity contribution in [3.05, 3.63) is 70.3 Å².